The van der Waals surface area contributed by atoms with Gasteiger partial charge in [-0.1, -0.05) is 13.8 Å². The molecule has 0 saturated heterocycles. The highest BCUT2D eigenvalue weighted by Gasteiger charge is 2.35. The van der Waals surface area contributed by atoms with E-state index in [-0.39, 0.29) is 0 Å². The van der Waals surface area contributed by atoms with Crippen LogP contribution in [-0.4, -0.2) is 30.6 Å². The van der Waals surface area contributed by atoms with Gasteiger partial charge in [0.25, 0.3) is 0 Å². The lowest BCUT2D eigenvalue weighted by Gasteiger charge is -2.39. The van der Waals surface area contributed by atoms with E-state index in [2.05, 4.69) is 25.8 Å². The van der Waals surface area contributed by atoms with Crippen molar-refractivity contribution in [2.45, 2.75) is 51.6 Å². The van der Waals surface area contributed by atoms with Gasteiger partial charge in [0.05, 0.1) is 0 Å². The van der Waals surface area contributed by atoms with Crippen LogP contribution < -0.4 is 5.73 Å². The highest BCUT2D eigenvalue weighted by atomic mass is 15.2. The van der Waals surface area contributed by atoms with Crippen LogP contribution in [0.3, 0.4) is 0 Å². The molecule has 0 spiro atoms. The van der Waals surface area contributed by atoms with Crippen molar-refractivity contribution in [1.82, 2.24) is 4.90 Å². The topological polar surface area (TPSA) is 29.3 Å². The van der Waals surface area contributed by atoms with Crippen LogP contribution in [0.4, 0.5) is 0 Å². The van der Waals surface area contributed by atoms with Crippen LogP contribution in [0.2, 0.25) is 0 Å². The molecule has 0 bridgehead atoms. The second-order valence-electron chi connectivity index (χ2n) is 6.05. The van der Waals surface area contributed by atoms with Gasteiger partial charge >= 0.3 is 0 Å². The fourth-order valence-electron chi connectivity index (χ4n) is 3.28. The Kier molecular flexibility index (Phi) is 3.36. The normalized spacial score (nSPS) is 42.2. The van der Waals surface area contributed by atoms with Gasteiger partial charge < -0.3 is 10.6 Å². The van der Waals surface area contributed by atoms with E-state index in [0.717, 1.165) is 23.8 Å². The molecule has 2 rings (SSSR count). The molecule has 2 nitrogen and oxygen atoms in total. The Morgan fingerprint density at radius 2 is 1.87 bits per heavy atom. The van der Waals surface area contributed by atoms with Gasteiger partial charge in [0.2, 0.25) is 0 Å². The molecular weight excluding hydrogens is 184 g/mol. The van der Waals surface area contributed by atoms with Gasteiger partial charge in [-0.15, -0.1) is 0 Å². The summed E-state index contributed by atoms with van der Waals surface area (Å²) < 4.78 is 0. The molecular formula is C13H26N2. The summed E-state index contributed by atoms with van der Waals surface area (Å²) in [6.07, 6.45) is 5.41. The fourth-order valence-corrected chi connectivity index (χ4v) is 3.28. The standard InChI is InChI=1S/C13H26N2/c1-9-6-10(2)12(13(14)7-9)8-15(3)11-4-5-11/h9-13H,4-8,14H2,1-3H3. The van der Waals surface area contributed by atoms with Gasteiger partial charge in [0.1, 0.15) is 0 Å². The lowest BCUT2D eigenvalue weighted by molar-refractivity contribution is 0.127. The molecule has 15 heavy (non-hydrogen) atoms. The summed E-state index contributed by atoms with van der Waals surface area (Å²) in [6, 6.07) is 1.31. The minimum Gasteiger partial charge on any atom is -0.327 e. The van der Waals surface area contributed by atoms with Crippen molar-refractivity contribution in [2.75, 3.05) is 13.6 Å². The first kappa shape index (κ1) is 11.4. The first-order chi connectivity index (χ1) is 7.08. The zero-order chi connectivity index (χ0) is 11.0. The summed E-state index contributed by atoms with van der Waals surface area (Å²) in [7, 11) is 2.27. The molecule has 0 amide bonds. The molecule has 0 aliphatic heterocycles. The third-order valence-electron chi connectivity index (χ3n) is 4.40. The Hall–Kier alpha value is -0.0800. The van der Waals surface area contributed by atoms with Gasteiger partial charge in [0, 0.05) is 18.6 Å². The van der Waals surface area contributed by atoms with Crippen LogP contribution in [0.1, 0.15) is 39.5 Å². The van der Waals surface area contributed by atoms with Crippen molar-refractivity contribution in [1.29, 1.82) is 0 Å². The molecule has 4 unspecified atom stereocenters. The van der Waals surface area contributed by atoms with E-state index in [1.54, 1.807) is 0 Å². The van der Waals surface area contributed by atoms with E-state index in [0.29, 0.717) is 6.04 Å². The summed E-state index contributed by atoms with van der Waals surface area (Å²) in [6.45, 7) is 5.96. The SMILES string of the molecule is CC1CC(C)C(CN(C)C2CC2)C(N)C1. The van der Waals surface area contributed by atoms with Crippen molar-refractivity contribution < 1.29 is 0 Å². The first-order valence-electron chi connectivity index (χ1n) is 6.53. The quantitative estimate of drug-likeness (QED) is 0.773. The highest BCUT2D eigenvalue weighted by Crippen LogP contribution is 2.35. The van der Waals surface area contributed by atoms with E-state index in [1.165, 1.54) is 32.2 Å². The Morgan fingerprint density at radius 3 is 2.40 bits per heavy atom. The molecule has 88 valence electrons. The van der Waals surface area contributed by atoms with Gasteiger partial charge in [-0.25, -0.2) is 0 Å². The van der Waals surface area contributed by atoms with Gasteiger partial charge in [-0.05, 0) is 50.5 Å². The van der Waals surface area contributed by atoms with Gasteiger partial charge in [0.15, 0.2) is 0 Å². The maximum Gasteiger partial charge on any atom is 0.00935 e. The third-order valence-corrected chi connectivity index (χ3v) is 4.40. The number of nitrogens with two attached hydrogens (primary N) is 1. The molecule has 2 N–H and O–H groups in total. The van der Waals surface area contributed by atoms with Crippen LogP contribution in [0.15, 0.2) is 0 Å². The molecule has 0 heterocycles. The summed E-state index contributed by atoms with van der Waals surface area (Å²) in [5, 5.41) is 0. The largest absolute Gasteiger partial charge is 0.327 e. The monoisotopic (exact) mass is 210 g/mol. The second-order valence-corrected chi connectivity index (χ2v) is 6.05. The Labute approximate surface area is 94.2 Å². The molecule has 2 aliphatic rings. The lowest BCUT2D eigenvalue weighted by Crippen LogP contribution is -2.46. The van der Waals surface area contributed by atoms with E-state index in [4.69, 9.17) is 5.73 Å². The third kappa shape index (κ3) is 2.73. The van der Waals surface area contributed by atoms with Crippen LogP contribution in [0.5, 0.6) is 0 Å². The zero-order valence-corrected chi connectivity index (χ0v) is 10.4. The Morgan fingerprint density at radius 1 is 1.20 bits per heavy atom. The number of hydrogen-bond donors (Lipinski definition) is 1. The number of hydrogen-bond acceptors (Lipinski definition) is 2. The van der Waals surface area contributed by atoms with E-state index < -0.39 is 0 Å². The van der Waals surface area contributed by atoms with Crippen molar-refractivity contribution in [2.24, 2.45) is 23.5 Å². The maximum atomic E-state index is 6.30. The summed E-state index contributed by atoms with van der Waals surface area (Å²) in [5.41, 5.74) is 6.30. The zero-order valence-electron chi connectivity index (χ0n) is 10.4. The number of nitrogens with zero attached hydrogens (tertiary/aromatic N) is 1. The van der Waals surface area contributed by atoms with Crippen LogP contribution >= 0.6 is 0 Å². The average Bonchev–Trinajstić information content (AvgIpc) is 2.93. The molecule has 2 fully saturated rings. The van der Waals surface area contributed by atoms with Gasteiger partial charge in [-0.2, -0.15) is 0 Å². The molecule has 0 radical (unpaired) electrons. The lowest BCUT2D eigenvalue weighted by atomic mass is 9.72. The molecule has 0 aromatic rings. The maximum absolute atomic E-state index is 6.30. The fraction of sp³-hybridized carbons (Fsp3) is 1.00. The van der Waals surface area contributed by atoms with Crippen molar-refractivity contribution in [3.63, 3.8) is 0 Å². The first-order valence-corrected chi connectivity index (χ1v) is 6.53. The highest BCUT2D eigenvalue weighted by molar-refractivity contribution is 4.90. The molecule has 2 heteroatoms. The van der Waals surface area contributed by atoms with Crippen LogP contribution in [0, 0.1) is 17.8 Å². The predicted octanol–water partition coefficient (Wildman–Crippen LogP) is 2.09. The van der Waals surface area contributed by atoms with E-state index >= 15 is 0 Å². The van der Waals surface area contributed by atoms with Gasteiger partial charge in [-0.3, -0.25) is 0 Å². The van der Waals surface area contributed by atoms with E-state index in [1.807, 2.05) is 0 Å². The van der Waals surface area contributed by atoms with Crippen LogP contribution in [-0.2, 0) is 0 Å². The molecule has 0 aromatic carbocycles. The Bertz CT molecular complexity index is 201. The average molecular weight is 210 g/mol. The Balaban J connectivity index is 1.88. The molecule has 0 aromatic heterocycles. The summed E-state index contributed by atoms with van der Waals surface area (Å²) >= 11 is 0. The van der Waals surface area contributed by atoms with Crippen LogP contribution in [0.25, 0.3) is 0 Å². The number of rotatable bonds is 3. The molecule has 2 aliphatic carbocycles. The van der Waals surface area contributed by atoms with Crippen molar-refractivity contribution in [3.8, 4) is 0 Å². The minimum absolute atomic E-state index is 0.435. The second kappa shape index (κ2) is 4.42. The van der Waals surface area contributed by atoms with E-state index in [9.17, 15) is 0 Å². The van der Waals surface area contributed by atoms with Crippen molar-refractivity contribution in [3.05, 3.63) is 0 Å². The van der Waals surface area contributed by atoms with Crippen molar-refractivity contribution >= 4 is 0 Å². The predicted molar refractivity (Wildman–Crippen MR) is 64.7 cm³/mol. The summed E-state index contributed by atoms with van der Waals surface area (Å²) in [5.74, 6) is 2.37. The summed E-state index contributed by atoms with van der Waals surface area (Å²) in [4.78, 5) is 2.54. The smallest absolute Gasteiger partial charge is 0.00935 e. The molecule has 4 atom stereocenters. The minimum atomic E-state index is 0.435. The molecule has 2 saturated carbocycles.